The number of fused-ring (bicyclic) bond motifs is 1. The summed E-state index contributed by atoms with van der Waals surface area (Å²) in [5, 5.41) is 6.83. The van der Waals surface area contributed by atoms with E-state index in [2.05, 4.69) is 20.6 Å². The van der Waals surface area contributed by atoms with Gasteiger partial charge in [0.15, 0.2) is 0 Å². The third-order valence-corrected chi connectivity index (χ3v) is 3.40. The Kier molecular flexibility index (Phi) is 2.40. The van der Waals surface area contributed by atoms with E-state index in [1.807, 2.05) is 0 Å². The summed E-state index contributed by atoms with van der Waals surface area (Å²) in [5.41, 5.74) is 8.04. The van der Waals surface area contributed by atoms with E-state index in [9.17, 15) is 0 Å². The molecule has 0 aromatic carbocycles. The molecule has 0 unspecified atom stereocenters. The second-order valence-electron chi connectivity index (χ2n) is 4.55. The third-order valence-electron chi connectivity index (χ3n) is 3.40. The van der Waals surface area contributed by atoms with Crippen molar-refractivity contribution < 1.29 is 0 Å². The minimum Gasteiger partial charge on any atom is -0.368 e. The van der Waals surface area contributed by atoms with Crippen molar-refractivity contribution >= 4 is 11.8 Å². The van der Waals surface area contributed by atoms with Crippen molar-refractivity contribution in [2.75, 3.05) is 17.6 Å². The van der Waals surface area contributed by atoms with E-state index in [0.29, 0.717) is 12.0 Å². The Bertz CT molecular complexity index is 400. The van der Waals surface area contributed by atoms with Gasteiger partial charge in [-0.1, -0.05) is 0 Å². The number of anilines is 2. The molecule has 0 amide bonds. The van der Waals surface area contributed by atoms with E-state index in [1.54, 1.807) is 0 Å². The first-order chi connectivity index (χ1) is 7.83. The van der Waals surface area contributed by atoms with E-state index in [4.69, 9.17) is 5.73 Å². The summed E-state index contributed by atoms with van der Waals surface area (Å²) in [5.74, 6) is 1.34. The molecule has 1 fully saturated rings. The Morgan fingerprint density at radius 3 is 2.94 bits per heavy atom. The zero-order valence-electron chi connectivity index (χ0n) is 9.29. The van der Waals surface area contributed by atoms with Crippen molar-refractivity contribution in [1.82, 2.24) is 15.3 Å². The first-order valence-electron chi connectivity index (χ1n) is 5.95. The van der Waals surface area contributed by atoms with Crippen molar-refractivity contribution in [2.24, 2.45) is 0 Å². The lowest BCUT2D eigenvalue weighted by molar-refractivity contribution is 0.443. The molecule has 1 aliphatic carbocycles. The fraction of sp³-hybridized carbons (Fsp3) is 0.636. The van der Waals surface area contributed by atoms with Gasteiger partial charge in [0.2, 0.25) is 5.95 Å². The summed E-state index contributed by atoms with van der Waals surface area (Å²) in [6.45, 7) is 1.83. The predicted molar refractivity (Wildman–Crippen MR) is 63.1 cm³/mol. The maximum absolute atomic E-state index is 5.74. The molecule has 1 aromatic rings. The quantitative estimate of drug-likeness (QED) is 0.681. The van der Waals surface area contributed by atoms with Crippen LogP contribution in [-0.2, 0) is 13.0 Å². The van der Waals surface area contributed by atoms with E-state index in [0.717, 1.165) is 31.0 Å². The highest BCUT2D eigenvalue weighted by molar-refractivity contribution is 5.51. The molecule has 1 saturated carbocycles. The van der Waals surface area contributed by atoms with Crippen LogP contribution in [0.4, 0.5) is 11.8 Å². The molecule has 5 nitrogen and oxygen atoms in total. The van der Waals surface area contributed by atoms with Crippen LogP contribution in [0.25, 0.3) is 0 Å². The molecule has 2 heterocycles. The van der Waals surface area contributed by atoms with E-state index in [-0.39, 0.29) is 0 Å². The second-order valence-corrected chi connectivity index (χ2v) is 4.55. The second kappa shape index (κ2) is 3.90. The third kappa shape index (κ3) is 1.71. The fourth-order valence-corrected chi connectivity index (χ4v) is 2.23. The lowest BCUT2D eigenvalue weighted by Gasteiger charge is -2.29. The van der Waals surface area contributed by atoms with Gasteiger partial charge in [0, 0.05) is 31.1 Å². The van der Waals surface area contributed by atoms with Crippen LogP contribution in [0.5, 0.6) is 0 Å². The SMILES string of the molecule is Nc1nc2c(c(NC3CCC3)n1)CNCC2. The van der Waals surface area contributed by atoms with Crippen LogP contribution in [0, 0.1) is 0 Å². The molecular formula is C11H17N5. The van der Waals surface area contributed by atoms with Crippen molar-refractivity contribution in [3.05, 3.63) is 11.3 Å². The first-order valence-corrected chi connectivity index (χ1v) is 5.95. The van der Waals surface area contributed by atoms with Crippen molar-refractivity contribution in [3.63, 3.8) is 0 Å². The minimum atomic E-state index is 0.391. The summed E-state index contributed by atoms with van der Waals surface area (Å²) in [6, 6.07) is 0.584. The predicted octanol–water partition coefficient (Wildman–Crippen LogP) is 0.669. The summed E-state index contributed by atoms with van der Waals surface area (Å²) in [6.07, 6.45) is 4.75. The molecular weight excluding hydrogens is 202 g/mol. The van der Waals surface area contributed by atoms with Crippen LogP contribution in [-0.4, -0.2) is 22.6 Å². The Hall–Kier alpha value is -1.36. The van der Waals surface area contributed by atoms with Gasteiger partial charge in [0.1, 0.15) is 5.82 Å². The van der Waals surface area contributed by atoms with Crippen molar-refractivity contribution in [1.29, 1.82) is 0 Å². The lowest BCUT2D eigenvalue weighted by Crippen LogP contribution is -2.31. The van der Waals surface area contributed by atoms with Gasteiger partial charge in [-0.3, -0.25) is 0 Å². The highest BCUT2D eigenvalue weighted by atomic mass is 15.1. The van der Waals surface area contributed by atoms with Gasteiger partial charge in [-0.05, 0) is 19.3 Å². The Morgan fingerprint density at radius 2 is 2.19 bits per heavy atom. The number of nitrogen functional groups attached to an aromatic ring is 1. The largest absolute Gasteiger partial charge is 0.368 e. The molecule has 3 rings (SSSR count). The van der Waals surface area contributed by atoms with Crippen LogP contribution >= 0.6 is 0 Å². The molecule has 0 saturated heterocycles. The van der Waals surface area contributed by atoms with Gasteiger partial charge in [0.25, 0.3) is 0 Å². The lowest BCUT2D eigenvalue weighted by atomic mass is 9.93. The zero-order chi connectivity index (χ0) is 11.0. The molecule has 4 N–H and O–H groups in total. The summed E-state index contributed by atoms with van der Waals surface area (Å²) < 4.78 is 0. The highest BCUT2D eigenvalue weighted by Crippen LogP contribution is 2.26. The first kappa shape index (κ1) is 9.84. The molecule has 16 heavy (non-hydrogen) atoms. The number of nitrogens with zero attached hydrogens (tertiary/aromatic N) is 2. The molecule has 5 heteroatoms. The van der Waals surface area contributed by atoms with Gasteiger partial charge < -0.3 is 16.4 Å². The Labute approximate surface area is 94.9 Å². The molecule has 1 aliphatic heterocycles. The fourth-order valence-electron chi connectivity index (χ4n) is 2.23. The smallest absolute Gasteiger partial charge is 0.222 e. The average molecular weight is 219 g/mol. The molecule has 0 bridgehead atoms. The summed E-state index contributed by atoms with van der Waals surface area (Å²) >= 11 is 0. The van der Waals surface area contributed by atoms with Gasteiger partial charge in [0.05, 0.1) is 5.69 Å². The normalized spacial score (nSPS) is 20.0. The monoisotopic (exact) mass is 219 g/mol. The number of hydrogen-bond donors (Lipinski definition) is 3. The molecule has 2 aliphatic rings. The number of rotatable bonds is 2. The number of hydrogen-bond acceptors (Lipinski definition) is 5. The van der Waals surface area contributed by atoms with Crippen LogP contribution in [0.2, 0.25) is 0 Å². The summed E-state index contributed by atoms with van der Waals surface area (Å²) in [7, 11) is 0. The average Bonchev–Trinajstić information content (AvgIpc) is 2.23. The molecule has 1 aromatic heterocycles. The minimum absolute atomic E-state index is 0.391. The van der Waals surface area contributed by atoms with Gasteiger partial charge >= 0.3 is 0 Å². The maximum Gasteiger partial charge on any atom is 0.222 e. The molecule has 86 valence electrons. The summed E-state index contributed by atoms with van der Waals surface area (Å²) in [4.78, 5) is 8.64. The van der Waals surface area contributed by atoms with Crippen LogP contribution < -0.4 is 16.4 Å². The van der Waals surface area contributed by atoms with E-state index >= 15 is 0 Å². The van der Waals surface area contributed by atoms with E-state index < -0.39 is 0 Å². The number of aromatic nitrogens is 2. The molecule has 0 radical (unpaired) electrons. The van der Waals surface area contributed by atoms with Crippen LogP contribution in [0.1, 0.15) is 30.5 Å². The standard InChI is InChI=1S/C11H17N5/c12-11-15-9-4-5-13-6-8(9)10(16-11)14-7-2-1-3-7/h7,13H,1-6H2,(H3,12,14,15,16). The van der Waals surface area contributed by atoms with Gasteiger partial charge in [-0.2, -0.15) is 4.98 Å². The molecule has 0 atom stereocenters. The Morgan fingerprint density at radius 1 is 1.31 bits per heavy atom. The maximum atomic E-state index is 5.74. The number of nitrogens with two attached hydrogens (primary N) is 1. The zero-order valence-corrected chi connectivity index (χ0v) is 9.29. The molecule has 0 spiro atoms. The van der Waals surface area contributed by atoms with Crippen molar-refractivity contribution in [3.8, 4) is 0 Å². The van der Waals surface area contributed by atoms with Gasteiger partial charge in [-0.25, -0.2) is 4.98 Å². The topological polar surface area (TPSA) is 75.9 Å². The highest BCUT2D eigenvalue weighted by Gasteiger charge is 2.22. The Balaban J connectivity index is 1.91. The number of nitrogens with one attached hydrogen (secondary N) is 2. The van der Waals surface area contributed by atoms with Gasteiger partial charge in [-0.15, -0.1) is 0 Å². The van der Waals surface area contributed by atoms with E-state index in [1.165, 1.54) is 24.8 Å². The van der Waals surface area contributed by atoms with Crippen molar-refractivity contribution in [2.45, 2.75) is 38.3 Å². The van der Waals surface area contributed by atoms with Crippen LogP contribution in [0.3, 0.4) is 0 Å². The van der Waals surface area contributed by atoms with Crippen LogP contribution in [0.15, 0.2) is 0 Å².